The van der Waals surface area contributed by atoms with E-state index in [0.29, 0.717) is 13.0 Å². The first-order valence-electron chi connectivity index (χ1n) is 6.96. The highest BCUT2D eigenvalue weighted by atomic mass is 28.4. The summed E-state index contributed by atoms with van der Waals surface area (Å²) in [5, 5.41) is 19.9. The van der Waals surface area contributed by atoms with E-state index >= 15 is 0 Å². The summed E-state index contributed by atoms with van der Waals surface area (Å²) < 4.78 is 6.17. The summed E-state index contributed by atoms with van der Waals surface area (Å²) in [6.07, 6.45) is 0.484. The Hall–Kier alpha value is -0.163. The van der Waals surface area contributed by atoms with E-state index in [2.05, 4.69) is 40.4 Å². The second-order valence-electron chi connectivity index (χ2n) is 7.59. The fourth-order valence-electron chi connectivity index (χ4n) is 1.32. The van der Waals surface area contributed by atoms with Gasteiger partial charge in [0.25, 0.3) is 0 Å². The fourth-order valence-corrected chi connectivity index (χ4v) is 2.49. The third-order valence-electron chi connectivity index (χ3n) is 4.25. The molecular weight excluding hydrogens is 256 g/mol. The van der Waals surface area contributed by atoms with Crippen LogP contribution in [0.1, 0.15) is 41.0 Å². The standard InChI is InChI=1S/C15H32O3Si/c1-9-12(16)10-13(17)15(5,6)11-18-19(7,8)14(2,3)4/h9,12-13,16-17H,1,10-11H2,2-8H3/t12-,13+/m0/s1. The monoisotopic (exact) mass is 288 g/mol. The van der Waals surface area contributed by atoms with Crippen LogP contribution in [0.2, 0.25) is 18.1 Å². The molecule has 3 nitrogen and oxygen atoms in total. The van der Waals surface area contributed by atoms with Gasteiger partial charge in [-0.1, -0.05) is 40.7 Å². The maximum Gasteiger partial charge on any atom is 0.192 e. The van der Waals surface area contributed by atoms with Gasteiger partial charge in [0.05, 0.1) is 12.2 Å². The fraction of sp³-hybridized carbons (Fsp3) is 0.867. The SMILES string of the molecule is C=C[C@H](O)C[C@@H](O)C(C)(C)CO[Si](C)(C)C(C)(C)C. The third kappa shape index (κ3) is 5.77. The largest absolute Gasteiger partial charge is 0.416 e. The first kappa shape index (κ1) is 18.8. The van der Waals surface area contributed by atoms with Crippen LogP contribution in [-0.2, 0) is 4.43 Å². The predicted molar refractivity (Wildman–Crippen MR) is 83.8 cm³/mol. The Balaban J connectivity index is 4.57. The van der Waals surface area contributed by atoms with E-state index in [-0.39, 0.29) is 10.5 Å². The van der Waals surface area contributed by atoms with Crippen molar-refractivity contribution in [2.75, 3.05) is 6.61 Å². The molecule has 0 saturated carbocycles. The molecule has 0 spiro atoms. The molecule has 0 fully saturated rings. The molecule has 0 aliphatic heterocycles. The summed E-state index contributed by atoms with van der Waals surface area (Å²) in [4.78, 5) is 0. The third-order valence-corrected chi connectivity index (χ3v) is 8.73. The molecule has 0 aromatic rings. The van der Waals surface area contributed by atoms with E-state index in [9.17, 15) is 10.2 Å². The molecular formula is C15H32O3Si. The Kier molecular flexibility index (Phi) is 6.47. The van der Waals surface area contributed by atoms with E-state index < -0.39 is 20.5 Å². The maximum absolute atomic E-state index is 10.2. The van der Waals surface area contributed by atoms with Crippen LogP contribution in [0.3, 0.4) is 0 Å². The topological polar surface area (TPSA) is 49.7 Å². The van der Waals surface area contributed by atoms with Crippen LogP contribution in [0.4, 0.5) is 0 Å². The first-order valence-corrected chi connectivity index (χ1v) is 9.87. The Bertz CT molecular complexity index is 292. The van der Waals surface area contributed by atoms with Crippen molar-refractivity contribution in [2.24, 2.45) is 5.41 Å². The number of aliphatic hydroxyl groups is 2. The Labute approximate surface area is 119 Å². The van der Waals surface area contributed by atoms with Gasteiger partial charge in [-0.05, 0) is 18.1 Å². The van der Waals surface area contributed by atoms with E-state index in [0.717, 1.165) is 0 Å². The van der Waals surface area contributed by atoms with Crippen molar-refractivity contribution in [1.82, 2.24) is 0 Å². The van der Waals surface area contributed by atoms with Crippen LogP contribution in [0.15, 0.2) is 12.7 Å². The van der Waals surface area contributed by atoms with Crippen molar-refractivity contribution in [1.29, 1.82) is 0 Å². The zero-order chi connectivity index (χ0) is 15.5. The zero-order valence-corrected chi connectivity index (χ0v) is 14.7. The molecule has 0 aromatic heterocycles. The Morgan fingerprint density at radius 1 is 1.16 bits per heavy atom. The van der Waals surface area contributed by atoms with Crippen LogP contribution in [0.25, 0.3) is 0 Å². The van der Waals surface area contributed by atoms with Gasteiger partial charge in [0.2, 0.25) is 0 Å². The minimum atomic E-state index is -1.80. The molecule has 4 heteroatoms. The number of aliphatic hydroxyl groups excluding tert-OH is 2. The van der Waals surface area contributed by atoms with Crippen LogP contribution in [-0.4, -0.2) is 37.3 Å². The van der Waals surface area contributed by atoms with E-state index in [1.165, 1.54) is 6.08 Å². The summed E-state index contributed by atoms with van der Waals surface area (Å²) in [5.74, 6) is 0. The van der Waals surface area contributed by atoms with Crippen molar-refractivity contribution in [3.8, 4) is 0 Å². The van der Waals surface area contributed by atoms with Crippen molar-refractivity contribution in [3.05, 3.63) is 12.7 Å². The van der Waals surface area contributed by atoms with Crippen LogP contribution in [0, 0.1) is 5.41 Å². The van der Waals surface area contributed by atoms with Gasteiger partial charge in [0, 0.05) is 18.4 Å². The number of hydrogen-bond donors (Lipinski definition) is 2. The molecule has 0 amide bonds. The molecule has 2 atom stereocenters. The molecule has 19 heavy (non-hydrogen) atoms. The van der Waals surface area contributed by atoms with Gasteiger partial charge in [-0.2, -0.15) is 0 Å². The second kappa shape index (κ2) is 6.53. The molecule has 0 heterocycles. The average molecular weight is 289 g/mol. The highest BCUT2D eigenvalue weighted by molar-refractivity contribution is 6.74. The quantitative estimate of drug-likeness (QED) is 0.558. The molecule has 0 aliphatic rings. The van der Waals surface area contributed by atoms with Crippen LogP contribution < -0.4 is 0 Å². The van der Waals surface area contributed by atoms with E-state index in [1.54, 1.807) is 0 Å². The van der Waals surface area contributed by atoms with Gasteiger partial charge in [-0.15, -0.1) is 6.58 Å². The molecule has 0 saturated heterocycles. The highest BCUT2D eigenvalue weighted by Gasteiger charge is 2.39. The normalized spacial score (nSPS) is 17.1. The minimum absolute atomic E-state index is 0.161. The predicted octanol–water partition coefficient (Wildman–Crippen LogP) is 3.33. The van der Waals surface area contributed by atoms with Crippen molar-refractivity contribution >= 4 is 8.32 Å². The molecule has 114 valence electrons. The summed E-state index contributed by atoms with van der Waals surface area (Å²) in [7, 11) is -1.80. The molecule has 0 bridgehead atoms. The molecule has 0 aromatic carbocycles. The lowest BCUT2D eigenvalue weighted by Crippen LogP contribution is -2.45. The van der Waals surface area contributed by atoms with E-state index in [4.69, 9.17) is 4.43 Å². The first-order chi connectivity index (χ1) is 8.33. The molecule has 0 rings (SSSR count). The summed E-state index contributed by atoms with van der Waals surface area (Å²) in [6, 6.07) is 0. The van der Waals surface area contributed by atoms with Crippen molar-refractivity contribution in [3.63, 3.8) is 0 Å². The lowest BCUT2D eigenvalue weighted by Gasteiger charge is -2.40. The summed E-state index contributed by atoms with van der Waals surface area (Å²) in [6.45, 7) is 19.0. The highest BCUT2D eigenvalue weighted by Crippen LogP contribution is 2.38. The van der Waals surface area contributed by atoms with Crippen LogP contribution in [0.5, 0.6) is 0 Å². The van der Waals surface area contributed by atoms with Crippen molar-refractivity contribution < 1.29 is 14.6 Å². The average Bonchev–Trinajstić information content (AvgIpc) is 2.24. The van der Waals surface area contributed by atoms with Gasteiger partial charge in [-0.3, -0.25) is 0 Å². The van der Waals surface area contributed by atoms with Crippen LogP contribution >= 0.6 is 0 Å². The molecule has 0 unspecified atom stereocenters. The van der Waals surface area contributed by atoms with Gasteiger partial charge >= 0.3 is 0 Å². The molecule has 0 aliphatic carbocycles. The number of hydrogen-bond acceptors (Lipinski definition) is 3. The van der Waals surface area contributed by atoms with E-state index in [1.807, 2.05) is 13.8 Å². The lowest BCUT2D eigenvalue weighted by molar-refractivity contribution is -0.0122. The Morgan fingerprint density at radius 2 is 1.63 bits per heavy atom. The minimum Gasteiger partial charge on any atom is -0.416 e. The number of rotatable bonds is 7. The van der Waals surface area contributed by atoms with Gasteiger partial charge in [0.1, 0.15) is 0 Å². The second-order valence-corrected chi connectivity index (χ2v) is 12.4. The zero-order valence-electron chi connectivity index (χ0n) is 13.7. The molecule has 2 N–H and O–H groups in total. The lowest BCUT2D eigenvalue weighted by atomic mass is 9.84. The van der Waals surface area contributed by atoms with Gasteiger partial charge in [-0.25, -0.2) is 0 Å². The summed E-state index contributed by atoms with van der Waals surface area (Å²) in [5.41, 5.74) is -0.375. The smallest absolute Gasteiger partial charge is 0.192 e. The molecule has 0 radical (unpaired) electrons. The van der Waals surface area contributed by atoms with Gasteiger partial charge < -0.3 is 14.6 Å². The van der Waals surface area contributed by atoms with Gasteiger partial charge in [0.15, 0.2) is 8.32 Å². The Morgan fingerprint density at radius 3 is 2.00 bits per heavy atom. The van der Waals surface area contributed by atoms with Crippen molar-refractivity contribution in [2.45, 2.75) is 71.4 Å². The maximum atomic E-state index is 10.2. The summed E-state index contributed by atoms with van der Waals surface area (Å²) >= 11 is 0.